The molecule has 1 N–H and O–H groups in total. The Kier molecular flexibility index (Phi) is 5.60. The highest BCUT2D eigenvalue weighted by Gasteiger charge is 2.59. The molecule has 31 heavy (non-hydrogen) atoms. The maximum absolute atomic E-state index is 10.2. The van der Waals surface area contributed by atoms with E-state index in [-0.39, 0.29) is 6.10 Å². The summed E-state index contributed by atoms with van der Waals surface area (Å²) in [6, 6.07) is 4.43. The number of aryl methyl sites for hydroxylation is 2. The third kappa shape index (κ3) is 3.62. The normalized spacial score (nSPS) is 42.9. The zero-order valence-corrected chi connectivity index (χ0v) is 20.2. The molecule has 0 aromatic carbocycles. The number of aliphatic hydroxyl groups excluding tert-OH is 1. The average Bonchev–Trinajstić information content (AvgIpc) is 3.11. The fraction of sp³-hybridized carbons (Fsp3) is 0.759. The molecule has 0 bridgehead atoms. The Morgan fingerprint density at radius 1 is 1.10 bits per heavy atom. The molecule has 5 rings (SSSR count). The fourth-order valence-corrected chi connectivity index (χ4v) is 8.84. The summed E-state index contributed by atoms with van der Waals surface area (Å²) in [6.45, 7) is 9.86. The zero-order valence-electron chi connectivity index (χ0n) is 20.2. The second-order valence-corrected chi connectivity index (χ2v) is 12.2. The maximum atomic E-state index is 10.2. The summed E-state index contributed by atoms with van der Waals surface area (Å²) in [5, 5.41) is 10.2. The van der Waals surface area contributed by atoms with Gasteiger partial charge >= 0.3 is 0 Å². The lowest BCUT2D eigenvalue weighted by atomic mass is 9.47. The summed E-state index contributed by atoms with van der Waals surface area (Å²) >= 11 is 0. The van der Waals surface area contributed by atoms with Crippen LogP contribution in [0.15, 0.2) is 30.0 Å². The number of aliphatic hydroxyl groups is 1. The van der Waals surface area contributed by atoms with Crippen LogP contribution in [0.2, 0.25) is 0 Å². The lowest BCUT2D eigenvalue weighted by Crippen LogP contribution is -2.50. The van der Waals surface area contributed by atoms with E-state index in [1.807, 2.05) is 6.20 Å². The molecule has 1 heterocycles. The maximum Gasteiger partial charge on any atom is 0.0577 e. The van der Waals surface area contributed by atoms with Crippen LogP contribution < -0.4 is 0 Å². The van der Waals surface area contributed by atoms with Crippen molar-refractivity contribution in [3.05, 3.63) is 41.2 Å². The summed E-state index contributed by atoms with van der Waals surface area (Å²) < 4.78 is 0. The number of hydrogen-bond donors (Lipinski definition) is 1. The van der Waals surface area contributed by atoms with Crippen molar-refractivity contribution in [1.82, 2.24) is 4.98 Å². The average molecular weight is 422 g/mol. The number of aromatic nitrogens is 1. The van der Waals surface area contributed by atoms with Crippen molar-refractivity contribution in [2.75, 3.05) is 0 Å². The first kappa shape index (κ1) is 21.7. The van der Waals surface area contributed by atoms with Crippen molar-refractivity contribution in [1.29, 1.82) is 0 Å². The van der Waals surface area contributed by atoms with Gasteiger partial charge in [-0.25, -0.2) is 0 Å². The molecular formula is C29H43NO. The molecule has 0 saturated heterocycles. The Morgan fingerprint density at radius 3 is 2.71 bits per heavy atom. The van der Waals surface area contributed by atoms with Crippen molar-refractivity contribution >= 4 is 0 Å². The molecule has 1 unspecified atom stereocenters. The third-order valence-electron chi connectivity index (χ3n) is 10.7. The van der Waals surface area contributed by atoms with E-state index in [0.29, 0.717) is 10.8 Å². The quantitative estimate of drug-likeness (QED) is 0.536. The van der Waals surface area contributed by atoms with Crippen LogP contribution >= 0.6 is 0 Å². The van der Waals surface area contributed by atoms with Crippen LogP contribution in [0.1, 0.15) is 89.8 Å². The minimum Gasteiger partial charge on any atom is -0.393 e. The van der Waals surface area contributed by atoms with Crippen LogP contribution in [-0.4, -0.2) is 16.2 Å². The smallest absolute Gasteiger partial charge is 0.0577 e. The highest BCUT2D eigenvalue weighted by Crippen LogP contribution is 2.67. The van der Waals surface area contributed by atoms with Gasteiger partial charge in [-0.3, -0.25) is 4.98 Å². The second kappa shape index (κ2) is 8.01. The van der Waals surface area contributed by atoms with Crippen molar-refractivity contribution in [2.24, 2.45) is 40.4 Å². The topological polar surface area (TPSA) is 33.1 Å². The van der Waals surface area contributed by atoms with E-state index in [1.165, 1.54) is 56.2 Å². The van der Waals surface area contributed by atoms with E-state index in [4.69, 9.17) is 0 Å². The summed E-state index contributed by atoms with van der Waals surface area (Å²) in [5.41, 5.74) is 5.01. The molecule has 3 saturated carbocycles. The monoisotopic (exact) mass is 421 g/mol. The largest absolute Gasteiger partial charge is 0.393 e. The van der Waals surface area contributed by atoms with Crippen molar-refractivity contribution in [2.45, 2.75) is 98.0 Å². The van der Waals surface area contributed by atoms with Crippen LogP contribution in [0.25, 0.3) is 0 Å². The van der Waals surface area contributed by atoms with E-state index in [2.05, 4.69) is 50.9 Å². The highest BCUT2D eigenvalue weighted by atomic mass is 16.3. The van der Waals surface area contributed by atoms with Gasteiger partial charge in [0.2, 0.25) is 0 Å². The van der Waals surface area contributed by atoms with Crippen LogP contribution in [-0.2, 0) is 6.42 Å². The lowest BCUT2D eigenvalue weighted by Gasteiger charge is -2.58. The number of allylic oxidation sites excluding steroid dienone is 1. The molecule has 2 nitrogen and oxygen atoms in total. The summed E-state index contributed by atoms with van der Waals surface area (Å²) in [6.07, 6.45) is 17.0. The Labute approximate surface area is 189 Å². The van der Waals surface area contributed by atoms with Crippen LogP contribution in [0.3, 0.4) is 0 Å². The van der Waals surface area contributed by atoms with Gasteiger partial charge in [-0.2, -0.15) is 0 Å². The second-order valence-electron chi connectivity index (χ2n) is 12.2. The number of fused-ring (bicyclic) bond motifs is 5. The molecule has 4 aliphatic rings. The van der Waals surface area contributed by atoms with Crippen LogP contribution in [0.5, 0.6) is 0 Å². The van der Waals surface area contributed by atoms with Gasteiger partial charge in [0.05, 0.1) is 6.10 Å². The summed E-state index contributed by atoms with van der Waals surface area (Å²) in [7, 11) is 0. The van der Waals surface area contributed by atoms with E-state index >= 15 is 0 Å². The fourth-order valence-electron chi connectivity index (χ4n) is 8.84. The Morgan fingerprint density at radius 2 is 1.94 bits per heavy atom. The molecule has 0 radical (unpaired) electrons. The zero-order chi connectivity index (χ0) is 21.8. The lowest BCUT2D eigenvalue weighted by molar-refractivity contribution is -0.0571. The molecule has 3 fully saturated rings. The van der Waals surface area contributed by atoms with Gasteiger partial charge in [0, 0.05) is 11.9 Å². The molecule has 4 aliphatic carbocycles. The minimum absolute atomic E-state index is 0.0931. The van der Waals surface area contributed by atoms with Crippen molar-refractivity contribution < 1.29 is 5.11 Å². The number of nitrogens with zero attached hydrogens (tertiary/aromatic N) is 1. The van der Waals surface area contributed by atoms with Gasteiger partial charge in [0.1, 0.15) is 0 Å². The molecule has 0 aliphatic heterocycles. The van der Waals surface area contributed by atoms with Gasteiger partial charge in [0.15, 0.2) is 0 Å². The molecule has 1 aromatic heterocycles. The Bertz CT molecular complexity index is 828. The molecule has 1 aromatic rings. The predicted octanol–water partition coefficient (Wildman–Crippen LogP) is 6.90. The van der Waals surface area contributed by atoms with E-state index in [9.17, 15) is 5.11 Å². The van der Waals surface area contributed by atoms with Crippen LogP contribution in [0, 0.1) is 47.3 Å². The van der Waals surface area contributed by atoms with Gasteiger partial charge in [0.25, 0.3) is 0 Å². The van der Waals surface area contributed by atoms with Gasteiger partial charge in [-0.05, 0) is 123 Å². The SMILES string of the molecule is Cc1ccc(CCC(C)[C@H]2CC[C@H]3[C@@H]4CC=C5C[C@@H](O)CC[C@]5(C)[C@H]4CC[C@]23C)nc1. The van der Waals surface area contributed by atoms with E-state index in [1.54, 1.807) is 5.57 Å². The van der Waals surface area contributed by atoms with E-state index in [0.717, 1.165) is 48.9 Å². The predicted molar refractivity (Wildman–Crippen MR) is 128 cm³/mol. The van der Waals surface area contributed by atoms with Crippen molar-refractivity contribution in [3.8, 4) is 0 Å². The Balaban J connectivity index is 1.30. The van der Waals surface area contributed by atoms with E-state index < -0.39 is 0 Å². The number of hydrogen-bond acceptors (Lipinski definition) is 2. The first-order chi connectivity index (χ1) is 14.8. The van der Waals surface area contributed by atoms with Gasteiger partial charge in [-0.15, -0.1) is 0 Å². The highest BCUT2D eigenvalue weighted by molar-refractivity contribution is 5.25. The first-order valence-electron chi connectivity index (χ1n) is 13.1. The summed E-state index contributed by atoms with van der Waals surface area (Å²) in [5.74, 6) is 4.28. The standard InChI is InChI=1S/C29H43NO/c1-19-5-8-22(30-18-19)9-6-20(2)25-11-12-26-24-10-7-21-17-23(31)13-15-28(21,3)27(24)14-16-29(25,26)4/h5,7-8,18,20,23-27,31H,6,9-17H2,1-4H3/t20?,23-,24-,25+,26-,27-,28-,29+/m0/s1. The molecule has 8 atom stereocenters. The van der Waals surface area contributed by atoms with Gasteiger partial charge < -0.3 is 5.11 Å². The van der Waals surface area contributed by atoms with Crippen molar-refractivity contribution in [3.63, 3.8) is 0 Å². The number of pyridine rings is 1. The number of rotatable bonds is 4. The van der Waals surface area contributed by atoms with Crippen LogP contribution in [0.4, 0.5) is 0 Å². The Hall–Kier alpha value is -1.15. The molecule has 170 valence electrons. The van der Waals surface area contributed by atoms with Gasteiger partial charge in [-0.1, -0.05) is 38.5 Å². The molecular weight excluding hydrogens is 378 g/mol. The third-order valence-corrected chi connectivity index (χ3v) is 10.7. The molecule has 0 spiro atoms. The minimum atomic E-state index is -0.0931. The summed E-state index contributed by atoms with van der Waals surface area (Å²) in [4.78, 5) is 4.66. The first-order valence-corrected chi connectivity index (χ1v) is 13.1. The molecule has 2 heteroatoms. The molecule has 0 amide bonds.